The topological polar surface area (TPSA) is 55.1 Å². The third-order valence-corrected chi connectivity index (χ3v) is 3.54. The minimum atomic E-state index is 0.200. The van der Waals surface area contributed by atoms with E-state index < -0.39 is 0 Å². The van der Waals surface area contributed by atoms with Crippen LogP contribution in [0, 0.1) is 0 Å². The number of hydrogen-bond donors (Lipinski definition) is 2. The summed E-state index contributed by atoms with van der Waals surface area (Å²) in [4.78, 5) is 11.7. The van der Waals surface area contributed by atoms with Crippen molar-refractivity contribution in [2.24, 2.45) is 0 Å². The first-order chi connectivity index (χ1) is 8.74. The van der Waals surface area contributed by atoms with Gasteiger partial charge in [0.15, 0.2) is 0 Å². The van der Waals surface area contributed by atoms with E-state index in [2.05, 4.69) is 11.4 Å². The molecule has 1 fully saturated rings. The summed E-state index contributed by atoms with van der Waals surface area (Å²) in [5.74, 6) is 0.200. The Labute approximate surface area is 109 Å². The SMILES string of the molecule is Nc1cccc(CCCC(=O)NC2CCCC2)c1. The minimum Gasteiger partial charge on any atom is -0.399 e. The fraction of sp³-hybridized carbons (Fsp3) is 0.533. The van der Waals surface area contributed by atoms with Gasteiger partial charge in [0.25, 0.3) is 0 Å². The molecular formula is C15H22N2O. The maximum atomic E-state index is 11.7. The molecule has 1 saturated carbocycles. The molecule has 1 aliphatic rings. The Morgan fingerprint density at radius 3 is 2.83 bits per heavy atom. The van der Waals surface area contributed by atoms with Crippen LogP contribution in [0.2, 0.25) is 0 Å². The minimum absolute atomic E-state index is 0.200. The number of benzene rings is 1. The van der Waals surface area contributed by atoms with Crippen molar-refractivity contribution in [1.29, 1.82) is 0 Å². The Balaban J connectivity index is 1.66. The molecule has 3 nitrogen and oxygen atoms in total. The van der Waals surface area contributed by atoms with E-state index >= 15 is 0 Å². The van der Waals surface area contributed by atoms with Crippen molar-refractivity contribution in [3.63, 3.8) is 0 Å². The van der Waals surface area contributed by atoms with Gasteiger partial charge in [-0.1, -0.05) is 25.0 Å². The molecule has 0 saturated heterocycles. The van der Waals surface area contributed by atoms with Crippen molar-refractivity contribution < 1.29 is 4.79 Å². The highest BCUT2D eigenvalue weighted by Gasteiger charge is 2.16. The van der Waals surface area contributed by atoms with Gasteiger partial charge in [-0.25, -0.2) is 0 Å². The van der Waals surface area contributed by atoms with Gasteiger partial charge >= 0.3 is 0 Å². The molecule has 1 aliphatic carbocycles. The molecule has 3 heteroatoms. The lowest BCUT2D eigenvalue weighted by Gasteiger charge is -2.11. The third-order valence-electron chi connectivity index (χ3n) is 3.54. The fourth-order valence-corrected chi connectivity index (χ4v) is 2.57. The van der Waals surface area contributed by atoms with Crippen molar-refractivity contribution in [1.82, 2.24) is 5.32 Å². The van der Waals surface area contributed by atoms with Gasteiger partial charge in [-0.2, -0.15) is 0 Å². The van der Waals surface area contributed by atoms with E-state index in [1.54, 1.807) is 0 Å². The number of carbonyl (C=O) groups excluding carboxylic acids is 1. The molecule has 18 heavy (non-hydrogen) atoms. The number of carbonyl (C=O) groups is 1. The molecule has 0 atom stereocenters. The van der Waals surface area contributed by atoms with Gasteiger partial charge in [0.2, 0.25) is 5.91 Å². The number of aryl methyl sites for hydroxylation is 1. The van der Waals surface area contributed by atoms with Crippen LogP contribution in [0.25, 0.3) is 0 Å². The van der Waals surface area contributed by atoms with Crippen LogP contribution in [0.4, 0.5) is 5.69 Å². The first kappa shape index (κ1) is 12.9. The monoisotopic (exact) mass is 246 g/mol. The molecule has 3 N–H and O–H groups in total. The van der Waals surface area contributed by atoms with Crippen LogP contribution in [0.1, 0.15) is 44.1 Å². The van der Waals surface area contributed by atoms with Crippen LogP contribution in [0.3, 0.4) is 0 Å². The molecule has 0 aromatic heterocycles. The Hall–Kier alpha value is -1.51. The number of hydrogen-bond acceptors (Lipinski definition) is 2. The second kappa shape index (κ2) is 6.43. The van der Waals surface area contributed by atoms with Crippen LogP contribution in [0.15, 0.2) is 24.3 Å². The molecular weight excluding hydrogens is 224 g/mol. The Bertz CT molecular complexity index is 397. The largest absolute Gasteiger partial charge is 0.399 e. The number of nitrogen functional groups attached to an aromatic ring is 1. The summed E-state index contributed by atoms with van der Waals surface area (Å²) in [5.41, 5.74) is 7.73. The lowest BCUT2D eigenvalue weighted by Crippen LogP contribution is -2.32. The van der Waals surface area contributed by atoms with Gasteiger partial charge in [-0.15, -0.1) is 0 Å². The second-order valence-corrected chi connectivity index (χ2v) is 5.15. The molecule has 1 amide bonds. The van der Waals surface area contributed by atoms with Crippen LogP contribution in [0.5, 0.6) is 0 Å². The molecule has 0 bridgehead atoms. The van der Waals surface area contributed by atoms with Crippen molar-refractivity contribution >= 4 is 11.6 Å². The summed E-state index contributed by atoms with van der Waals surface area (Å²) in [6, 6.07) is 8.32. The van der Waals surface area contributed by atoms with E-state index in [0.717, 1.165) is 31.4 Å². The summed E-state index contributed by atoms with van der Waals surface area (Å²) >= 11 is 0. The second-order valence-electron chi connectivity index (χ2n) is 5.15. The van der Waals surface area contributed by atoms with E-state index in [9.17, 15) is 4.79 Å². The predicted octanol–water partition coefficient (Wildman–Crippen LogP) is 2.65. The summed E-state index contributed by atoms with van der Waals surface area (Å²) in [7, 11) is 0. The lowest BCUT2D eigenvalue weighted by molar-refractivity contribution is -0.121. The third kappa shape index (κ3) is 4.06. The van der Waals surface area contributed by atoms with Gasteiger partial charge in [0, 0.05) is 18.2 Å². The van der Waals surface area contributed by atoms with Crippen LogP contribution in [-0.4, -0.2) is 11.9 Å². The van der Waals surface area contributed by atoms with E-state index in [1.807, 2.05) is 18.2 Å². The zero-order valence-corrected chi connectivity index (χ0v) is 10.8. The normalized spacial score (nSPS) is 15.8. The number of amides is 1. The molecule has 0 radical (unpaired) electrons. The maximum absolute atomic E-state index is 11.7. The van der Waals surface area contributed by atoms with Gasteiger partial charge < -0.3 is 11.1 Å². The maximum Gasteiger partial charge on any atom is 0.220 e. The predicted molar refractivity (Wildman–Crippen MR) is 74.2 cm³/mol. The zero-order chi connectivity index (χ0) is 12.8. The smallest absolute Gasteiger partial charge is 0.220 e. The molecule has 0 unspecified atom stereocenters. The first-order valence-corrected chi connectivity index (χ1v) is 6.88. The molecule has 2 rings (SSSR count). The molecule has 0 spiro atoms. The zero-order valence-electron chi connectivity index (χ0n) is 10.8. The van der Waals surface area contributed by atoms with Crippen LogP contribution >= 0.6 is 0 Å². The Morgan fingerprint density at radius 1 is 1.33 bits per heavy atom. The average molecular weight is 246 g/mol. The molecule has 1 aromatic rings. The first-order valence-electron chi connectivity index (χ1n) is 6.88. The highest BCUT2D eigenvalue weighted by atomic mass is 16.1. The number of nitrogens with one attached hydrogen (secondary N) is 1. The van der Waals surface area contributed by atoms with E-state index in [-0.39, 0.29) is 5.91 Å². The summed E-state index contributed by atoms with van der Waals surface area (Å²) < 4.78 is 0. The molecule has 0 aliphatic heterocycles. The van der Waals surface area contributed by atoms with Crippen LogP contribution < -0.4 is 11.1 Å². The fourth-order valence-electron chi connectivity index (χ4n) is 2.57. The summed E-state index contributed by atoms with van der Waals surface area (Å²) in [6.45, 7) is 0. The van der Waals surface area contributed by atoms with Crippen molar-refractivity contribution in [2.45, 2.75) is 51.0 Å². The quantitative estimate of drug-likeness (QED) is 0.785. The summed E-state index contributed by atoms with van der Waals surface area (Å²) in [6.07, 6.45) is 7.25. The van der Waals surface area contributed by atoms with Gasteiger partial charge in [0.1, 0.15) is 0 Å². The van der Waals surface area contributed by atoms with Crippen molar-refractivity contribution in [2.75, 3.05) is 5.73 Å². The van der Waals surface area contributed by atoms with Gasteiger partial charge in [0.05, 0.1) is 0 Å². The highest BCUT2D eigenvalue weighted by molar-refractivity contribution is 5.76. The number of nitrogens with two attached hydrogens (primary N) is 1. The van der Waals surface area contributed by atoms with Crippen LogP contribution in [-0.2, 0) is 11.2 Å². The molecule has 1 aromatic carbocycles. The van der Waals surface area contributed by atoms with Crippen molar-refractivity contribution in [3.05, 3.63) is 29.8 Å². The van der Waals surface area contributed by atoms with Crippen molar-refractivity contribution in [3.8, 4) is 0 Å². The Kier molecular flexibility index (Phi) is 4.62. The van der Waals surface area contributed by atoms with E-state index in [4.69, 9.17) is 5.73 Å². The number of rotatable bonds is 5. The highest BCUT2D eigenvalue weighted by Crippen LogP contribution is 2.18. The lowest BCUT2D eigenvalue weighted by atomic mass is 10.1. The average Bonchev–Trinajstić information content (AvgIpc) is 2.82. The standard InChI is InChI=1S/C15H22N2O/c16-13-7-3-5-12(11-13)6-4-10-15(18)17-14-8-1-2-9-14/h3,5,7,11,14H,1-2,4,6,8-10,16H2,(H,17,18). The molecule has 98 valence electrons. The summed E-state index contributed by atoms with van der Waals surface area (Å²) in [5, 5.41) is 3.11. The van der Waals surface area contributed by atoms with Gasteiger partial charge in [-0.3, -0.25) is 4.79 Å². The Morgan fingerprint density at radius 2 is 2.11 bits per heavy atom. The van der Waals surface area contributed by atoms with Gasteiger partial charge in [-0.05, 0) is 43.4 Å². The van der Waals surface area contributed by atoms with E-state index in [1.165, 1.54) is 18.4 Å². The van der Waals surface area contributed by atoms with E-state index in [0.29, 0.717) is 12.5 Å². The molecule has 0 heterocycles. The number of anilines is 1.